The number of carbonyl (C=O) groups is 4. The molecule has 5 aliphatic rings. The number of carbonyl (C=O) groups excluding carboxylic acids is 4. The Bertz CT molecular complexity index is 1170. The second-order valence-corrected chi connectivity index (χ2v) is 15.9. The van der Waals surface area contributed by atoms with E-state index < -0.39 is 16.8 Å². The van der Waals surface area contributed by atoms with Crippen molar-refractivity contribution in [1.29, 1.82) is 0 Å². The summed E-state index contributed by atoms with van der Waals surface area (Å²) >= 11 is 0. The molecule has 6 nitrogen and oxygen atoms in total. The third-order valence-corrected chi connectivity index (χ3v) is 13.6. The summed E-state index contributed by atoms with van der Waals surface area (Å²) in [4.78, 5) is 52.8. The predicted octanol–water partition coefficient (Wildman–Crippen LogP) is 6.22. The van der Waals surface area contributed by atoms with Gasteiger partial charge in [0.05, 0.1) is 6.61 Å². The lowest BCUT2D eigenvalue weighted by atomic mass is 9.33. The van der Waals surface area contributed by atoms with Gasteiger partial charge in [-0.1, -0.05) is 54.0 Å². The number of ether oxygens (including phenoxy) is 1. The highest BCUT2D eigenvalue weighted by Crippen LogP contribution is 2.74. The van der Waals surface area contributed by atoms with Gasteiger partial charge in [-0.2, -0.15) is 0 Å². The molecule has 222 valence electrons. The Morgan fingerprint density at radius 1 is 0.950 bits per heavy atom. The molecule has 6 heteroatoms. The number of allylic oxidation sites excluding steroid dienone is 2. The molecule has 4 fully saturated rings. The molecule has 0 aromatic rings. The first kappa shape index (κ1) is 29.5. The van der Waals surface area contributed by atoms with Crippen molar-refractivity contribution in [2.24, 2.45) is 50.2 Å². The number of ketones is 2. The largest absolute Gasteiger partial charge is 0.465 e. The number of amides is 1. The number of rotatable bonds is 4. The van der Waals surface area contributed by atoms with Crippen LogP contribution in [0.3, 0.4) is 0 Å². The van der Waals surface area contributed by atoms with E-state index in [1.54, 1.807) is 6.92 Å². The molecule has 0 unspecified atom stereocenters. The molecule has 0 spiro atoms. The highest BCUT2D eigenvalue weighted by Gasteiger charge is 2.70. The van der Waals surface area contributed by atoms with Crippen LogP contribution in [-0.2, 0) is 23.9 Å². The topological polar surface area (TPSA) is 89.5 Å². The van der Waals surface area contributed by atoms with Crippen LogP contribution < -0.4 is 5.32 Å². The van der Waals surface area contributed by atoms with Gasteiger partial charge in [0.2, 0.25) is 5.91 Å². The van der Waals surface area contributed by atoms with E-state index in [1.807, 2.05) is 13.0 Å². The fourth-order valence-electron chi connectivity index (χ4n) is 10.8. The van der Waals surface area contributed by atoms with Gasteiger partial charge < -0.3 is 10.1 Å². The Morgan fingerprint density at radius 2 is 1.62 bits per heavy atom. The van der Waals surface area contributed by atoms with Crippen molar-refractivity contribution in [2.75, 3.05) is 13.2 Å². The summed E-state index contributed by atoms with van der Waals surface area (Å²) in [6.07, 6.45) is 9.85. The van der Waals surface area contributed by atoms with Crippen molar-refractivity contribution in [3.05, 3.63) is 11.6 Å². The molecular weight excluding hydrogens is 502 g/mol. The summed E-state index contributed by atoms with van der Waals surface area (Å²) < 4.78 is 5.02. The van der Waals surface area contributed by atoms with Gasteiger partial charge in [-0.05, 0) is 97.9 Å². The lowest BCUT2D eigenvalue weighted by Crippen LogP contribution is -2.66. The molecule has 0 aliphatic heterocycles. The van der Waals surface area contributed by atoms with Crippen LogP contribution in [-0.4, -0.2) is 36.6 Å². The normalized spacial score (nSPS) is 45.7. The summed E-state index contributed by atoms with van der Waals surface area (Å²) in [5.41, 5.74) is -0.188. The number of nitrogens with one attached hydrogen (secondary N) is 1. The Balaban J connectivity index is 1.50. The first-order chi connectivity index (χ1) is 18.5. The van der Waals surface area contributed by atoms with E-state index in [2.05, 4.69) is 46.9 Å². The molecule has 40 heavy (non-hydrogen) atoms. The standard InChI is InChI=1S/C34H51NO5/c1-9-40-26(38)20-35-28(39)31(5)15-14-30(4)16-17-33(7)21(22(30)19-31)18-23(36)27-32(6)12-11-25(37)29(2,3)24(32)10-13-34(27,33)8/h18,22,24,27H,9-17,19-20H2,1-8H3,(H,35,39)/t22-,24-,27+,30+,31-,32-,33+,34+/m0/s1. The Hall–Kier alpha value is -1.98. The molecule has 0 aromatic heterocycles. The molecule has 5 aliphatic carbocycles. The summed E-state index contributed by atoms with van der Waals surface area (Å²) in [6.45, 7) is 17.7. The fourth-order valence-corrected chi connectivity index (χ4v) is 10.8. The first-order valence-corrected chi connectivity index (χ1v) is 15.7. The van der Waals surface area contributed by atoms with E-state index >= 15 is 0 Å². The van der Waals surface area contributed by atoms with Crippen molar-refractivity contribution in [3.8, 4) is 0 Å². The summed E-state index contributed by atoms with van der Waals surface area (Å²) in [6, 6.07) is 0. The van der Waals surface area contributed by atoms with E-state index in [0.717, 1.165) is 44.9 Å². The minimum atomic E-state index is -0.603. The van der Waals surface area contributed by atoms with Gasteiger partial charge in [-0.15, -0.1) is 0 Å². The SMILES string of the molecule is CCOC(=O)CNC(=O)[C@@]1(C)CC[C@]2(C)CC[C@]3(C)C(=CC(=O)[C@@H]4[C@@]5(C)CCC(=O)C(C)(C)[C@@H]5CC[C@]43C)[C@@H]2C1. The van der Waals surface area contributed by atoms with Crippen LogP contribution in [0, 0.1) is 50.2 Å². The second-order valence-electron chi connectivity index (χ2n) is 15.9. The molecule has 0 radical (unpaired) electrons. The number of esters is 1. The molecule has 4 saturated carbocycles. The van der Waals surface area contributed by atoms with E-state index in [9.17, 15) is 19.2 Å². The molecule has 0 saturated heterocycles. The van der Waals surface area contributed by atoms with E-state index in [1.165, 1.54) is 5.57 Å². The maximum Gasteiger partial charge on any atom is 0.325 e. The highest BCUT2D eigenvalue weighted by molar-refractivity contribution is 5.96. The van der Waals surface area contributed by atoms with Gasteiger partial charge >= 0.3 is 5.97 Å². The van der Waals surface area contributed by atoms with Crippen molar-refractivity contribution < 1.29 is 23.9 Å². The van der Waals surface area contributed by atoms with E-state index in [0.29, 0.717) is 25.2 Å². The molecular formula is C34H51NO5. The zero-order valence-electron chi connectivity index (χ0n) is 26.1. The van der Waals surface area contributed by atoms with Crippen molar-refractivity contribution in [2.45, 2.75) is 113 Å². The Labute approximate surface area is 240 Å². The predicted molar refractivity (Wildman–Crippen MR) is 154 cm³/mol. The zero-order chi connectivity index (χ0) is 29.5. The second kappa shape index (κ2) is 9.26. The van der Waals surface area contributed by atoms with Crippen molar-refractivity contribution >= 4 is 23.4 Å². The molecule has 1 amide bonds. The van der Waals surface area contributed by atoms with Gasteiger partial charge in [0.25, 0.3) is 0 Å². The summed E-state index contributed by atoms with van der Waals surface area (Å²) in [5.74, 6) is 0.361. The van der Waals surface area contributed by atoms with Crippen molar-refractivity contribution in [1.82, 2.24) is 5.32 Å². The van der Waals surface area contributed by atoms with E-state index in [-0.39, 0.29) is 57.6 Å². The first-order valence-electron chi connectivity index (χ1n) is 15.7. The molecule has 5 rings (SSSR count). The summed E-state index contributed by atoms with van der Waals surface area (Å²) in [5, 5.41) is 2.85. The van der Waals surface area contributed by atoms with Crippen LogP contribution in [0.25, 0.3) is 0 Å². The lowest BCUT2D eigenvalue weighted by molar-refractivity contribution is -0.187. The number of fused-ring (bicyclic) bond motifs is 7. The molecule has 0 aromatic carbocycles. The minimum Gasteiger partial charge on any atom is -0.465 e. The smallest absolute Gasteiger partial charge is 0.325 e. The van der Waals surface area contributed by atoms with Crippen LogP contribution in [0.2, 0.25) is 0 Å². The van der Waals surface area contributed by atoms with Gasteiger partial charge in [0.1, 0.15) is 12.3 Å². The third-order valence-electron chi connectivity index (χ3n) is 13.6. The maximum absolute atomic E-state index is 14.4. The monoisotopic (exact) mass is 553 g/mol. The van der Waals surface area contributed by atoms with Crippen molar-refractivity contribution in [3.63, 3.8) is 0 Å². The van der Waals surface area contributed by atoms with Crippen LogP contribution in [0.15, 0.2) is 11.6 Å². The fraction of sp³-hybridized carbons (Fsp3) is 0.824. The van der Waals surface area contributed by atoms with Gasteiger partial charge in [0, 0.05) is 23.2 Å². The van der Waals surface area contributed by atoms with Crippen LogP contribution in [0.1, 0.15) is 113 Å². The van der Waals surface area contributed by atoms with Crippen LogP contribution in [0.4, 0.5) is 0 Å². The number of hydrogen-bond acceptors (Lipinski definition) is 5. The summed E-state index contributed by atoms with van der Waals surface area (Å²) in [7, 11) is 0. The zero-order valence-corrected chi connectivity index (χ0v) is 26.1. The highest BCUT2D eigenvalue weighted by atomic mass is 16.5. The average Bonchev–Trinajstić information content (AvgIpc) is 2.87. The molecule has 0 heterocycles. The molecule has 8 atom stereocenters. The van der Waals surface area contributed by atoms with Crippen LogP contribution in [0.5, 0.6) is 0 Å². The Kier molecular flexibility index (Phi) is 6.83. The van der Waals surface area contributed by atoms with Gasteiger partial charge in [0.15, 0.2) is 5.78 Å². The quantitative estimate of drug-likeness (QED) is 0.418. The molecule has 1 N–H and O–H groups in total. The minimum absolute atomic E-state index is 0.0517. The number of Topliss-reactive ketones (excluding diaryl/α,β-unsaturated/α-hetero) is 1. The number of hydrogen-bond donors (Lipinski definition) is 1. The van der Waals surface area contributed by atoms with Gasteiger partial charge in [-0.25, -0.2) is 0 Å². The van der Waals surface area contributed by atoms with E-state index in [4.69, 9.17) is 4.74 Å². The van der Waals surface area contributed by atoms with Crippen LogP contribution >= 0.6 is 0 Å². The average molecular weight is 554 g/mol. The lowest BCUT2D eigenvalue weighted by Gasteiger charge is -2.70. The van der Waals surface area contributed by atoms with Gasteiger partial charge in [-0.3, -0.25) is 19.2 Å². The molecule has 0 bridgehead atoms. The maximum atomic E-state index is 14.4. The Morgan fingerprint density at radius 3 is 2.30 bits per heavy atom. The third kappa shape index (κ3) is 3.93.